The van der Waals surface area contributed by atoms with Gasteiger partial charge < -0.3 is 10.3 Å². The second-order valence-corrected chi connectivity index (χ2v) is 5.21. The minimum Gasteiger partial charge on any atom is -0.337 e. The topological polar surface area (TPSA) is 74.5 Å². The summed E-state index contributed by atoms with van der Waals surface area (Å²) < 4.78 is 0. The van der Waals surface area contributed by atoms with E-state index in [2.05, 4.69) is 15.3 Å². The second-order valence-electron chi connectivity index (χ2n) is 5.21. The summed E-state index contributed by atoms with van der Waals surface area (Å²) in [6, 6.07) is 4.33. The molecule has 0 aliphatic carbocycles. The summed E-state index contributed by atoms with van der Waals surface area (Å²) in [5.41, 5.74) is 3.70. The molecule has 3 N–H and O–H groups in total. The number of pyridine rings is 1. The first-order valence-corrected chi connectivity index (χ1v) is 6.69. The Morgan fingerprint density at radius 3 is 3.05 bits per heavy atom. The lowest BCUT2D eigenvalue weighted by Crippen LogP contribution is -2.50. The number of hydrogen-bond donors (Lipinski definition) is 2. The van der Waals surface area contributed by atoms with E-state index in [1.807, 2.05) is 23.2 Å². The SMILES string of the molecule is NNc1ccc(CN2CCN3C(=O)CCC3C2)cn1. The van der Waals surface area contributed by atoms with Crippen molar-refractivity contribution in [3.05, 3.63) is 23.9 Å². The lowest BCUT2D eigenvalue weighted by Gasteiger charge is -2.37. The summed E-state index contributed by atoms with van der Waals surface area (Å²) in [5.74, 6) is 6.29. The van der Waals surface area contributed by atoms with Crippen molar-refractivity contribution in [2.75, 3.05) is 25.1 Å². The molecular weight excluding hydrogens is 242 g/mol. The van der Waals surface area contributed by atoms with Crippen molar-refractivity contribution in [3.8, 4) is 0 Å². The summed E-state index contributed by atoms with van der Waals surface area (Å²) in [5, 5.41) is 0. The standard InChI is InChI=1S/C13H19N5O/c14-16-12-3-1-10(7-15-12)8-17-5-6-18-11(9-17)2-4-13(18)19/h1,3,7,11H,2,4-6,8-9,14H2,(H,15,16). The highest BCUT2D eigenvalue weighted by Gasteiger charge is 2.35. The second kappa shape index (κ2) is 5.14. The Morgan fingerprint density at radius 1 is 1.42 bits per heavy atom. The Morgan fingerprint density at radius 2 is 2.32 bits per heavy atom. The fourth-order valence-electron chi connectivity index (χ4n) is 2.93. The number of hydrogen-bond acceptors (Lipinski definition) is 5. The van der Waals surface area contributed by atoms with Crippen molar-refractivity contribution in [1.82, 2.24) is 14.8 Å². The number of anilines is 1. The van der Waals surface area contributed by atoms with Gasteiger partial charge in [-0.05, 0) is 18.1 Å². The van der Waals surface area contributed by atoms with Crippen LogP contribution < -0.4 is 11.3 Å². The van der Waals surface area contributed by atoms with Crippen LogP contribution in [0.3, 0.4) is 0 Å². The number of amides is 1. The molecule has 0 aromatic carbocycles. The molecule has 1 amide bonds. The number of nitrogens with zero attached hydrogens (tertiary/aromatic N) is 3. The lowest BCUT2D eigenvalue weighted by atomic mass is 10.1. The molecule has 1 atom stereocenters. The first kappa shape index (κ1) is 12.4. The van der Waals surface area contributed by atoms with E-state index >= 15 is 0 Å². The number of aromatic nitrogens is 1. The van der Waals surface area contributed by atoms with Crippen molar-refractivity contribution < 1.29 is 4.79 Å². The van der Waals surface area contributed by atoms with E-state index in [9.17, 15) is 4.79 Å². The maximum absolute atomic E-state index is 11.6. The Bertz CT molecular complexity index is 461. The van der Waals surface area contributed by atoms with Crippen molar-refractivity contribution >= 4 is 11.7 Å². The predicted octanol–water partition coefficient (Wildman–Crippen LogP) is 0.174. The number of piperazine rings is 1. The van der Waals surface area contributed by atoms with Gasteiger partial charge in [-0.2, -0.15) is 0 Å². The Kier molecular flexibility index (Phi) is 3.35. The lowest BCUT2D eigenvalue weighted by molar-refractivity contribution is -0.130. The number of fused-ring (bicyclic) bond motifs is 1. The number of nitrogen functional groups attached to an aromatic ring is 1. The largest absolute Gasteiger partial charge is 0.337 e. The van der Waals surface area contributed by atoms with Crippen LogP contribution in [-0.2, 0) is 11.3 Å². The van der Waals surface area contributed by atoms with Gasteiger partial charge in [0, 0.05) is 44.8 Å². The van der Waals surface area contributed by atoms with Crippen molar-refractivity contribution in [1.29, 1.82) is 0 Å². The molecule has 19 heavy (non-hydrogen) atoms. The Balaban J connectivity index is 1.60. The quantitative estimate of drug-likeness (QED) is 0.599. The summed E-state index contributed by atoms with van der Waals surface area (Å²) in [4.78, 5) is 20.3. The van der Waals surface area contributed by atoms with Gasteiger partial charge in [-0.3, -0.25) is 9.69 Å². The molecule has 0 spiro atoms. The van der Waals surface area contributed by atoms with Gasteiger partial charge in [-0.25, -0.2) is 10.8 Å². The van der Waals surface area contributed by atoms with E-state index in [0.29, 0.717) is 17.8 Å². The van der Waals surface area contributed by atoms with Crippen LogP contribution in [0.25, 0.3) is 0 Å². The van der Waals surface area contributed by atoms with E-state index in [1.165, 1.54) is 5.56 Å². The van der Waals surface area contributed by atoms with E-state index in [4.69, 9.17) is 5.84 Å². The first-order valence-electron chi connectivity index (χ1n) is 6.69. The third-order valence-corrected chi connectivity index (χ3v) is 3.96. The zero-order chi connectivity index (χ0) is 13.2. The molecule has 2 fully saturated rings. The highest BCUT2D eigenvalue weighted by atomic mass is 16.2. The van der Waals surface area contributed by atoms with E-state index in [-0.39, 0.29) is 0 Å². The monoisotopic (exact) mass is 261 g/mol. The van der Waals surface area contributed by atoms with Crippen molar-refractivity contribution in [3.63, 3.8) is 0 Å². The van der Waals surface area contributed by atoms with E-state index in [1.54, 1.807) is 0 Å². The predicted molar refractivity (Wildman–Crippen MR) is 72.1 cm³/mol. The Hall–Kier alpha value is -1.66. The molecule has 6 heteroatoms. The summed E-state index contributed by atoms with van der Waals surface area (Å²) in [7, 11) is 0. The van der Waals surface area contributed by atoms with E-state index < -0.39 is 0 Å². The van der Waals surface area contributed by atoms with Crippen LogP contribution in [0.4, 0.5) is 5.82 Å². The molecule has 102 valence electrons. The van der Waals surface area contributed by atoms with Crippen LogP contribution >= 0.6 is 0 Å². The van der Waals surface area contributed by atoms with Crippen LogP contribution in [0.1, 0.15) is 18.4 Å². The zero-order valence-corrected chi connectivity index (χ0v) is 10.9. The summed E-state index contributed by atoms with van der Waals surface area (Å²) >= 11 is 0. The maximum Gasteiger partial charge on any atom is 0.222 e. The van der Waals surface area contributed by atoms with Crippen molar-refractivity contribution in [2.24, 2.45) is 5.84 Å². The minimum atomic E-state index is 0.324. The maximum atomic E-state index is 11.6. The minimum absolute atomic E-state index is 0.324. The number of nitrogens with one attached hydrogen (secondary N) is 1. The van der Waals surface area contributed by atoms with Gasteiger partial charge in [-0.1, -0.05) is 6.07 Å². The number of rotatable bonds is 3. The van der Waals surface area contributed by atoms with Gasteiger partial charge >= 0.3 is 0 Å². The summed E-state index contributed by atoms with van der Waals surface area (Å²) in [6.07, 6.45) is 3.57. The number of nitrogens with two attached hydrogens (primary N) is 1. The fraction of sp³-hybridized carbons (Fsp3) is 0.538. The number of carbonyl (C=O) groups is 1. The van der Waals surface area contributed by atoms with E-state index in [0.717, 1.165) is 39.0 Å². The van der Waals surface area contributed by atoms with Crippen LogP contribution in [0, 0.1) is 0 Å². The highest BCUT2D eigenvalue weighted by Crippen LogP contribution is 2.23. The molecule has 2 saturated heterocycles. The third kappa shape index (κ3) is 2.54. The average molecular weight is 261 g/mol. The van der Waals surface area contributed by atoms with Gasteiger partial charge in [0.05, 0.1) is 0 Å². The molecule has 1 aromatic heterocycles. The molecule has 1 unspecified atom stereocenters. The van der Waals surface area contributed by atoms with Gasteiger partial charge in [0.1, 0.15) is 5.82 Å². The molecule has 0 saturated carbocycles. The van der Waals surface area contributed by atoms with Crippen LogP contribution in [0.15, 0.2) is 18.3 Å². The molecule has 2 aliphatic rings. The van der Waals surface area contributed by atoms with Crippen LogP contribution in [0.2, 0.25) is 0 Å². The number of carbonyl (C=O) groups excluding carboxylic acids is 1. The average Bonchev–Trinajstić information content (AvgIpc) is 2.81. The van der Waals surface area contributed by atoms with Crippen molar-refractivity contribution in [2.45, 2.75) is 25.4 Å². The molecule has 3 rings (SSSR count). The first-order chi connectivity index (χ1) is 9.26. The normalized spacial score (nSPS) is 23.5. The van der Waals surface area contributed by atoms with Gasteiger partial charge in [0.2, 0.25) is 5.91 Å². The van der Waals surface area contributed by atoms with Crippen LogP contribution in [-0.4, -0.2) is 46.4 Å². The van der Waals surface area contributed by atoms with Crippen LogP contribution in [0.5, 0.6) is 0 Å². The molecule has 3 heterocycles. The molecular formula is C13H19N5O. The molecule has 0 bridgehead atoms. The summed E-state index contributed by atoms with van der Waals surface area (Å²) in [6.45, 7) is 3.66. The molecule has 0 radical (unpaired) electrons. The zero-order valence-electron chi connectivity index (χ0n) is 10.9. The van der Waals surface area contributed by atoms with Gasteiger partial charge in [-0.15, -0.1) is 0 Å². The smallest absolute Gasteiger partial charge is 0.222 e. The van der Waals surface area contributed by atoms with Gasteiger partial charge in [0.25, 0.3) is 0 Å². The van der Waals surface area contributed by atoms with Gasteiger partial charge in [0.15, 0.2) is 0 Å². The third-order valence-electron chi connectivity index (χ3n) is 3.96. The Labute approximate surface area is 112 Å². The number of hydrazine groups is 1. The fourth-order valence-corrected chi connectivity index (χ4v) is 2.93. The molecule has 1 aromatic rings. The molecule has 6 nitrogen and oxygen atoms in total. The highest BCUT2D eigenvalue weighted by molar-refractivity contribution is 5.78. The molecule has 2 aliphatic heterocycles.